The maximum absolute atomic E-state index is 13.3. The van der Waals surface area contributed by atoms with Crippen molar-refractivity contribution in [2.45, 2.75) is 5.75 Å². The average Bonchev–Trinajstić information content (AvgIpc) is 2.24. The maximum Gasteiger partial charge on any atom is 0.218 e. The van der Waals surface area contributed by atoms with Crippen molar-refractivity contribution in [2.75, 3.05) is 13.6 Å². The zero-order chi connectivity index (χ0) is 14.8. The van der Waals surface area contributed by atoms with Crippen LogP contribution in [-0.2, 0) is 20.6 Å². The Balaban J connectivity index is 3.02. The summed E-state index contributed by atoms with van der Waals surface area (Å²) in [6, 6.07) is 0.633. The molecule has 0 unspecified atom stereocenters. The highest BCUT2D eigenvalue weighted by Crippen LogP contribution is 2.17. The minimum Gasteiger partial charge on any atom is -0.549 e. The number of carboxylic acids is 1. The topological polar surface area (TPSA) is 77.5 Å². The van der Waals surface area contributed by atoms with E-state index in [0.717, 1.165) is 7.05 Å². The van der Waals surface area contributed by atoms with Gasteiger partial charge in [-0.1, -0.05) is 0 Å². The van der Waals surface area contributed by atoms with Gasteiger partial charge in [-0.25, -0.2) is 21.6 Å². The third kappa shape index (κ3) is 3.93. The van der Waals surface area contributed by atoms with Crippen LogP contribution in [0.1, 0.15) is 5.56 Å². The van der Waals surface area contributed by atoms with Gasteiger partial charge in [0.1, 0.15) is 5.82 Å². The number of benzene rings is 1. The molecular formula is C10H9F3NO4S-. The summed E-state index contributed by atoms with van der Waals surface area (Å²) in [6.45, 7) is -0.923. The van der Waals surface area contributed by atoms with Gasteiger partial charge in [0.15, 0.2) is 11.6 Å². The lowest BCUT2D eigenvalue weighted by atomic mass is 10.2. The number of sulfonamides is 1. The highest BCUT2D eigenvalue weighted by molar-refractivity contribution is 7.88. The number of halogens is 3. The smallest absolute Gasteiger partial charge is 0.218 e. The first-order valence-electron chi connectivity index (χ1n) is 4.91. The highest BCUT2D eigenvalue weighted by Gasteiger charge is 2.22. The molecule has 1 aromatic rings. The third-order valence-corrected chi connectivity index (χ3v) is 4.01. The van der Waals surface area contributed by atoms with Crippen LogP contribution in [0.15, 0.2) is 12.1 Å². The number of nitrogens with zero attached hydrogens (tertiary/aromatic N) is 1. The maximum atomic E-state index is 13.3. The molecule has 106 valence electrons. The molecule has 1 rings (SSSR count). The molecule has 0 atom stereocenters. The fourth-order valence-electron chi connectivity index (χ4n) is 1.26. The Morgan fingerprint density at radius 1 is 1.21 bits per heavy atom. The zero-order valence-electron chi connectivity index (χ0n) is 9.69. The molecule has 0 heterocycles. The van der Waals surface area contributed by atoms with Gasteiger partial charge in [0, 0.05) is 18.7 Å². The van der Waals surface area contributed by atoms with Gasteiger partial charge in [-0.15, -0.1) is 0 Å². The Kier molecular flexibility index (Phi) is 4.53. The molecule has 0 N–H and O–H groups in total. The first kappa shape index (κ1) is 15.4. The first-order chi connectivity index (χ1) is 8.63. The molecule has 0 spiro atoms. The second-order valence-electron chi connectivity index (χ2n) is 3.74. The highest BCUT2D eigenvalue weighted by atomic mass is 32.2. The Hall–Kier alpha value is -1.61. The number of likely N-dealkylation sites (N-methyl/N-ethyl adjacent to an activating group) is 1. The van der Waals surface area contributed by atoms with Crippen LogP contribution in [0.5, 0.6) is 0 Å². The lowest BCUT2D eigenvalue weighted by Gasteiger charge is -2.17. The van der Waals surface area contributed by atoms with Crippen molar-refractivity contribution in [1.29, 1.82) is 0 Å². The minimum atomic E-state index is -4.18. The second-order valence-corrected chi connectivity index (χ2v) is 5.82. The van der Waals surface area contributed by atoms with E-state index in [4.69, 9.17) is 0 Å². The quantitative estimate of drug-likeness (QED) is 0.694. The van der Waals surface area contributed by atoms with Crippen LogP contribution in [-0.4, -0.2) is 32.3 Å². The van der Waals surface area contributed by atoms with E-state index in [1.807, 2.05) is 0 Å². The number of aliphatic carboxylic acids is 1. The van der Waals surface area contributed by atoms with Gasteiger partial charge in [-0.3, -0.25) is 0 Å². The van der Waals surface area contributed by atoms with Crippen molar-refractivity contribution in [3.8, 4) is 0 Å². The molecule has 0 saturated carbocycles. The van der Waals surface area contributed by atoms with E-state index in [1.165, 1.54) is 0 Å². The summed E-state index contributed by atoms with van der Waals surface area (Å²) in [7, 11) is -3.23. The second kappa shape index (κ2) is 5.57. The largest absolute Gasteiger partial charge is 0.549 e. The molecule has 0 fully saturated rings. The van der Waals surface area contributed by atoms with E-state index in [-0.39, 0.29) is 6.07 Å². The van der Waals surface area contributed by atoms with E-state index in [1.54, 1.807) is 0 Å². The number of carboxylic acid groups (broad SMARTS) is 1. The van der Waals surface area contributed by atoms with Crippen LogP contribution in [0.3, 0.4) is 0 Å². The molecule has 0 aliphatic carbocycles. The van der Waals surface area contributed by atoms with Gasteiger partial charge in [0.25, 0.3) is 0 Å². The van der Waals surface area contributed by atoms with Gasteiger partial charge >= 0.3 is 0 Å². The van der Waals surface area contributed by atoms with Gasteiger partial charge in [0.2, 0.25) is 10.0 Å². The van der Waals surface area contributed by atoms with Crippen LogP contribution in [0.25, 0.3) is 0 Å². The molecule has 0 saturated heterocycles. The van der Waals surface area contributed by atoms with Crippen molar-refractivity contribution in [3.63, 3.8) is 0 Å². The molecule has 19 heavy (non-hydrogen) atoms. The van der Waals surface area contributed by atoms with E-state index in [0.29, 0.717) is 10.4 Å². The van der Waals surface area contributed by atoms with E-state index < -0.39 is 51.3 Å². The van der Waals surface area contributed by atoms with Crippen LogP contribution >= 0.6 is 0 Å². The van der Waals surface area contributed by atoms with Crippen molar-refractivity contribution in [3.05, 3.63) is 35.1 Å². The van der Waals surface area contributed by atoms with Crippen LogP contribution in [0.4, 0.5) is 13.2 Å². The molecule has 0 radical (unpaired) electrons. The van der Waals surface area contributed by atoms with E-state index >= 15 is 0 Å². The molecule has 9 heteroatoms. The molecule has 0 bridgehead atoms. The predicted octanol–water partition coefficient (Wildman–Crippen LogP) is -0.385. The molecular weight excluding hydrogens is 287 g/mol. The van der Waals surface area contributed by atoms with Gasteiger partial charge in [0.05, 0.1) is 18.3 Å². The van der Waals surface area contributed by atoms with Crippen molar-refractivity contribution < 1.29 is 31.5 Å². The van der Waals surface area contributed by atoms with E-state index in [2.05, 4.69) is 0 Å². The zero-order valence-corrected chi connectivity index (χ0v) is 10.5. The molecule has 1 aromatic carbocycles. The summed E-state index contributed by atoms with van der Waals surface area (Å²) < 4.78 is 62.5. The lowest BCUT2D eigenvalue weighted by molar-refractivity contribution is -0.305. The Bertz CT molecular complexity index is 603. The summed E-state index contributed by atoms with van der Waals surface area (Å²) in [4.78, 5) is 10.3. The number of rotatable bonds is 5. The number of hydrogen-bond acceptors (Lipinski definition) is 4. The molecule has 5 nitrogen and oxygen atoms in total. The fraction of sp³-hybridized carbons (Fsp3) is 0.300. The summed E-state index contributed by atoms with van der Waals surface area (Å²) in [5, 5.41) is 10.3. The number of carbonyl (C=O) groups is 1. The normalized spacial score (nSPS) is 11.8. The van der Waals surface area contributed by atoms with Gasteiger partial charge in [-0.2, -0.15) is 4.31 Å². The SMILES string of the molecule is CN(CC(=O)[O-])S(=O)(=O)Cc1cc(F)c(F)cc1F. The summed E-state index contributed by atoms with van der Waals surface area (Å²) in [5.74, 6) is -6.70. The Labute approximate surface area is 107 Å². The molecule has 0 aromatic heterocycles. The average molecular weight is 296 g/mol. The molecule has 0 amide bonds. The summed E-state index contributed by atoms with van der Waals surface area (Å²) in [5.41, 5.74) is -0.593. The number of carbonyl (C=O) groups excluding carboxylic acids is 1. The minimum absolute atomic E-state index is 0.221. The monoisotopic (exact) mass is 296 g/mol. The Morgan fingerprint density at radius 3 is 2.26 bits per heavy atom. The third-order valence-electron chi connectivity index (χ3n) is 2.25. The molecule has 0 aliphatic heterocycles. The Morgan fingerprint density at radius 2 is 1.74 bits per heavy atom. The molecule has 0 aliphatic rings. The van der Waals surface area contributed by atoms with Gasteiger partial charge in [-0.05, 0) is 6.07 Å². The van der Waals surface area contributed by atoms with Crippen molar-refractivity contribution in [1.82, 2.24) is 4.31 Å². The van der Waals surface area contributed by atoms with Crippen LogP contribution in [0, 0.1) is 17.5 Å². The summed E-state index contributed by atoms with van der Waals surface area (Å²) in [6.07, 6.45) is 0. The van der Waals surface area contributed by atoms with E-state index in [9.17, 15) is 31.5 Å². The van der Waals surface area contributed by atoms with Crippen molar-refractivity contribution >= 4 is 16.0 Å². The summed E-state index contributed by atoms with van der Waals surface area (Å²) >= 11 is 0. The first-order valence-corrected chi connectivity index (χ1v) is 6.51. The number of hydrogen-bond donors (Lipinski definition) is 0. The van der Waals surface area contributed by atoms with Crippen LogP contribution in [0.2, 0.25) is 0 Å². The predicted molar refractivity (Wildman–Crippen MR) is 56.6 cm³/mol. The fourth-order valence-corrected chi connectivity index (χ4v) is 2.40. The standard InChI is InChI=1S/C10H10F3NO4S/c1-14(4-10(15)16)19(17,18)5-6-2-8(12)9(13)3-7(6)11/h2-3H,4-5H2,1H3,(H,15,16)/p-1. The van der Waals surface area contributed by atoms with Crippen LogP contribution < -0.4 is 5.11 Å². The lowest BCUT2D eigenvalue weighted by Crippen LogP contribution is -2.39. The van der Waals surface area contributed by atoms with Crippen molar-refractivity contribution in [2.24, 2.45) is 0 Å². The van der Waals surface area contributed by atoms with Gasteiger partial charge < -0.3 is 9.90 Å².